The summed E-state index contributed by atoms with van der Waals surface area (Å²) in [4.78, 5) is 13.8. The van der Waals surface area contributed by atoms with Gasteiger partial charge >= 0.3 is 0 Å². The van der Waals surface area contributed by atoms with Gasteiger partial charge in [0.15, 0.2) is 0 Å². The van der Waals surface area contributed by atoms with Crippen molar-refractivity contribution in [3.05, 3.63) is 46.4 Å². The second-order valence-corrected chi connectivity index (χ2v) is 3.75. The Balaban J connectivity index is 2.64. The highest BCUT2D eigenvalue weighted by atomic mass is 16.5. The van der Waals surface area contributed by atoms with Crippen molar-refractivity contribution in [2.24, 2.45) is 0 Å². The van der Waals surface area contributed by atoms with Gasteiger partial charge in [0.1, 0.15) is 11.5 Å². The summed E-state index contributed by atoms with van der Waals surface area (Å²) in [5.74, 6) is 0.673. The van der Waals surface area contributed by atoms with Crippen LogP contribution in [0.4, 0.5) is 0 Å². The zero-order valence-corrected chi connectivity index (χ0v) is 9.65. The minimum absolute atomic E-state index is 0.0282. The third-order valence-corrected chi connectivity index (χ3v) is 2.57. The fourth-order valence-corrected chi connectivity index (χ4v) is 1.81. The Morgan fingerprint density at radius 1 is 1.29 bits per heavy atom. The first kappa shape index (κ1) is 11.3. The lowest BCUT2D eigenvalue weighted by atomic mass is 10.0. The van der Waals surface area contributed by atoms with E-state index in [-0.39, 0.29) is 11.3 Å². The van der Waals surface area contributed by atoms with Crippen LogP contribution < -0.4 is 10.3 Å². The van der Waals surface area contributed by atoms with Crippen molar-refractivity contribution in [1.82, 2.24) is 4.98 Å². The number of pyridine rings is 1. The number of hydrogen-bond donors (Lipinski definition) is 2. The highest BCUT2D eigenvalue weighted by Crippen LogP contribution is 2.31. The quantitative estimate of drug-likeness (QED) is 0.831. The van der Waals surface area contributed by atoms with Crippen molar-refractivity contribution >= 4 is 0 Å². The first-order valence-electron chi connectivity index (χ1n) is 5.19. The molecule has 4 heteroatoms. The number of aromatic amines is 1. The van der Waals surface area contributed by atoms with E-state index in [1.165, 1.54) is 6.07 Å². The van der Waals surface area contributed by atoms with Gasteiger partial charge in [-0.25, -0.2) is 0 Å². The highest BCUT2D eigenvalue weighted by molar-refractivity contribution is 5.72. The maximum atomic E-state index is 11.2. The molecule has 1 heterocycles. The van der Waals surface area contributed by atoms with Crippen LogP contribution >= 0.6 is 0 Å². The molecule has 0 spiro atoms. The molecule has 1 aromatic carbocycles. The number of aromatic nitrogens is 1. The van der Waals surface area contributed by atoms with Gasteiger partial charge in [-0.1, -0.05) is 12.1 Å². The smallest absolute Gasteiger partial charge is 0.251 e. The van der Waals surface area contributed by atoms with Crippen molar-refractivity contribution in [3.63, 3.8) is 0 Å². The van der Waals surface area contributed by atoms with E-state index >= 15 is 0 Å². The van der Waals surface area contributed by atoms with E-state index in [1.54, 1.807) is 20.1 Å². The van der Waals surface area contributed by atoms with E-state index in [2.05, 4.69) is 4.98 Å². The lowest BCUT2D eigenvalue weighted by Crippen LogP contribution is -2.06. The van der Waals surface area contributed by atoms with Gasteiger partial charge in [-0.3, -0.25) is 4.79 Å². The molecular weight excluding hydrogens is 218 g/mol. The van der Waals surface area contributed by atoms with Gasteiger partial charge in [0.25, 0.3) is 5.56 Å². The predicted molar refractivity (Wildman–Crippen MR) is 65.5 cm³/mol. The second kappa shape index (κ2) is 4.33. The molecule has 0 fully saturated rings. The minimum Gasteiger partial charge on any atom is -0.507 e. The predicted octanol–water partition coefficient (Wildman–Crippen LogP) is 2.06. The van der Waals surface area contributed by atoms with Crippen molar-refractivity contribution in [2.45, 2.75) is 6.92 Å². The maximum Gasteiger partial charge on any atom is 0.251 e. The Labute approximate surface area is 98.5 Å². The van der Waals surface area contributed by atoms with Crippen molar-refractivity contribution in [1.29, 1.82) is 0 Å². The molecule has 0 saturated heterocycles. The van der Waals surface area contributed by atoms with Crippen LogP contribution in [-0.4, -0.2) is 17.2 Å². The summed E-state index contributed by atoms with van der Waals surface area (Å²) in [6.07, 6.45) is 0. The van der Waals surface area contributed by atoms with Gasteiger partial charge in [-0.15, -0.1) is 0 Å². The molecule has 17 heavy (non-hydrogen) atoms. The van der Waals surface area contributed by atoms with Gasteiger partial charge in [0, 0.05) is 17.3 Å². The van der Waals surface area contributed by atoms with Crippen molar-refractivity contribution < 1.29 is 9.84 Å². The lowest BCUT2D eigenvalue weighted by Gasteiger charge is -2.09. The zero-order chi connectivity index (χ0) is 12.4. The van der Waals surface area contributed by atoms with E-state index in [1.807, 2.05) is 18.2 Å². The highest BCUT2D eigenvalue weighted by Gasteiger charge is 2.09. The number of benzene rings is 1. The molecule has 0 aliphatic carbocycles. The topological polar surface area (TPSA) is 62.3 Å². The van der Waals surface area contributed by atoms with E-state index in [0.29, 0.717) is 17.0 Å². The molecule has 0 atom stereocenters. The van der Waals surface area contributed by atoms with Crippen LogP contribution in [0.1, 0.15) is 5.69 Å². The van der Waals surface area contributed by atoms with E-state index in [4.69, 9.17) is 4.74 Å². The van der Waals surface area contributed by atoms with Crippen LogP contribution in [0.25, 0.3) is 11.1 Å². The lowest BCUT2D eigenvalue weighted by molar-refractivity contribution is 0.415. The number of H-pyrrole nitrogens is 1. The normalized spacial score (nSPS) is 10.2. The largest absolute Gasteiger partial charge is 0.507 e. The number of ether oxygens (including phenoxy) is 1. The standard InChI is InChI=1S/C13H13NO3/c1-8-13(11(15)7-12(16)14-8)9-4-3-5-10(6-9)17-2/h3-7H,1-2H3,(H2,14,15,16). The van der Waals surface area contributed by atoms with Crippen LogP contribution in [-0.2, 0) is 0 Å². The van der Waals surface area contributed by atoms with E-state index in [0.717, 1.165) is 5.56 Å². The summed E-state index contributed by atoms with van der Waals surface area (Å²) in [7, 11) is 1.58. The van der Waals surface area contributed by atoms with Gasteiger partial charge in [0.05, 0.1) is 7.11 Å². The number of hydrogen-bond acceptors (Lipinski definition) is 3. The van der Waals surface area contributed by atoms with E-state index < -0.39 is 0 Å². The molecule has 0 amide bonds. The molecule has 0 aliphatic rings. The molecular formula is C13H13NO3. The first-order valence-corrected chi connectivity index (χ1v) is 5.19. The Morgan fingerprint density at radius 3 is 2.71 bits per heavy atom. The first-order chi connectivity index (χ1) is 8.11. The monoisotopic (exact) mass is 231 g/mol. The molecule has 88 valence electrons. The summed E-state index contributed by atoms with van der Waals surface area (Å²) in [5.41, 5.74) is 1.73. The Kier molecular flexibility index (Phi) is 2.87. The Hall–Kier alpha value is -2.23. The summed E-state index contributed by atoms with van der Waals surface area (Å²) in [6.45, 7) is 1.75. The van der Waals surface area contributed by atoms with Crippen LogP contribution in [0, 0.1) is 6.92 Å². The summed E-state index contributed by atoms with van der Waals surface area (Å²) >= 11 is 0. The number of aromatic hydroxyl groups is 1. The summed E-state index contributed by atoms with van der Waals surface area (Å²) in [5, 5.41) is 9.83. The average Bonchev–Trinajstić information content (AvgIpc) is 2.28. The third-order valence-electron chi connectivity index (χ3n) is 2.57. The van der Waals surface area contributed by atoms with Crippen molar-refractivity contribution in [3.8, 4) is 22.6 Å². The molecule has 0 unspecified atom stereocenters. The van der Waals surface area contributed by atoms with Crippen molar-refractivity contribution in [2.75, 3.05) is 7.11 Å². The number of aryl methyl sites for hydroxylation is 1. The molecule has 0 bridgehead atoms. The number of rotatable bonds is 2. The van der Waals surface area contributed by atoms with Gasteiger partial charge in [-0.05, 0) is 24.6 Å². The zero-order valence-electron chi connectivity index (χ0n) is 9.65. The summed E-state index contributed by atoms with van der Waals surface area (Å²) in [6, 6.07) is 8.48. The fourth-order valence-electron chi connectivity index (χ4n) is 1.81. The summed E-state index contributed by atoms with van der Waals surface area (Å²) < 4.78 is 5.13. The molecule has 4 nitrogen and oxygen atoms in total. The Bertz CT molecular complexity index is 576. The number of methoxy groups -OCH3 is 1. The molecule has 1 aromatic heterocycles. The molecule has 2 aromatic rings. The molecule has 2 N–H and O–H groups in total. The maximum absolute atomic E-state index is 11.2. The molecule has 0 aliphatic heterocycles. The molecule has 0 saturated carbocycles. The Morgan fingerprint density at radius 2 is 2.06 bits per heavy atom. The average molecular weight is 231 g/mol. The van der Waals surface area contributed by atoms with Crippen LogP contribution in [0.5, 0.6) is 11.5 Å². The SMILES string of the molecule is COc1cccc(-c2c(O)cc(=O)[nH]c2C)c1. The van der Waals surface area contributed by atoms with Gasteiger partial charge < -0.3 is 14.8 Å². The third kappa shape index (κ3) is 2.15. The van der Waals surface area contributed by atoms with Crippen LogP contribution in [0.3, 0.4) is 0 Å². The van der Waals surface area contributed by atoms with Gasteiger partial charge in [0.2, 0.25) is 0 Å². The number of nitrogens with one attached hydrogen (secondary N) is 1. The molecule has 2 rings (SSSR count). The van der Waals surface area contributed by atoms with Crippen LogP contribution in [0.2, 0.25) is 0 Å². The van der Waals surface area contributed by atoms with Crippen LogP contribution in [0.15, 0.2) is 35.1 Å². The fraction of sp³-hybridized carbons (Fsp3) is 0.154. The van der Waals surface area contributed by atoms with E-state index in [9.17, 15) is 9.90 Å². The van der Waals surface area contributed by atoms with Gasteiger partial charge in [-0.2, -0.15) is 0 Å². The second-order valence-electron chi connectivity index (χ2n) is 3.75. The molecule has 0 radical (unpaired) electrons. The minimum atomic E-state index is -0.313.